The van der Waals surface area contributed by atoms with Crippen LogP contribution in [0.2, 0.25) is 0 Å². The van der Waals surface area contributed by atoms with Crippen molar-refractivity contribution >= 4 is 0 Å². The average Bonchev–Trinajstić information content (AvgIpc) is 2.37. The molecule has 0 saturated carbocycles. The summed E-state index contributed by atoms with van der Waals surface area (Å²) in [4.78, 5) is 4.16. The number of rotatable bonds is 3. The third-order valence-corrected chi connectivity index (χ3v) is 3.08. The molecule has 1 unspecified atom stereocenters. The molecular weight excluding hydrogens is 227 g/mol. The molecule has 1 heterocycles. The van der Waals surface area contributed by atoms with E-state index in [1.807, 2.05) is 7.05 Å². The Hall–Kier alpha value is -1.74. The zero-order chi connectivity index (χ0) is 13.1. The standard InChI is InChI=1S/C15H17FN2/c1-10-4-5-11(2)13(8-10)15(17-3)14-7-6-12(16)9-18-14/h4-9,15,17H,1-3H3. The van der Waals surface area contributed by atoms with E-state index in [0.717, 1.165) is 5.69 Å². The fourth-order valence-corrected chi connectivity index (χ4v) is 2.09. The highest BCUT2D eigenvalue weighted by Gasteiger charge is 2.15. The first-order valence-corrected chi connectivity index (χ1v) is 5.97. The number of hydrogen-bond acceptors (Lipinski definition) is 2. The molecule has 0 amide bonds. The number of nitrogens with one attached hydrogen (secondary N) is 1. The maximum absolute atomic E-state index is 12.9. The Bertz CT molecular complexity index is 535. The van der Waals surface area contributed by atoms with Gasteiger partial charge in [-0.2, -0.15) is 0 Å². The van der Waals surface area contributed by atoms with Crippen molar-refractivity contribution in [3.8, 4) is 0 Å². The van der Waals surface area contributed by atoms with Gasteiger partial charge < -0.3 is 5.32 Å². The molecule has 2 rings (SSSR count). The summed E-state index contributed by atoms with van der Waals surface area (Å²) < 4.78 is 12.9. The molecule has 0 aliphatic heterocycles. The van der Waals surface area contributed by atoms with Gasteiger partial charge in [0.1, 0.15) is 5.82 Å². The Balaban J connectivity index is 2.44. The Kier molecular flexibility index (Phi) is 3.72. The summed E-state index contributed by atoms with van der Waals surface area (Å²) in [6.07, 6.45) is 1.25. The van der Waals surface area contributed by atoms with Crippen LogP contribution in [0.25, 0.3) is 0 Å². The Morgan fingerprint density at radius 1 is 1.17 bits per heavy atom. The molecule has 0 radical (unpaired) electrons. The van der Waals surface area contributed by atoms with Gasteiger partial charge in [-0.1, -0.05) is 23.8 Å². The van der Waals surface area contributed by atoms with Crippen LogP contribution < -0.4 is 5.32 Å². The lowest BCUT2D eigenvalue weighted by Gasteiger charge is -2.19. The molecule has 3 heteroatoms. The third-order valence-electron chi connectivity index (χ3n) is 3.08. The third kappa shape index (κ3) is 2.57. The summed E-state index contributed by atoms with van der Waals surface area (Å²) in [7, 11) is 1.89. The molecule has 1 atom stereocenters. The van der Waals surface area contributed by atoms with Gasteiger partial charge in [0.15, 0.2) is 0 Å². The quantitative estimate of drug-likeness (QED) is 0.897. The van der Waals surface area contributed by atoms with E-state index >= 15 is 0 Å². The monoisotopic (exact) mass is 244 g/mol. The molecule has 1 N–H and O–H groups in total. The number of benzene rings is 1. The van der Waals surface area contributed by atoms with E-state index in [2.05, 4.69) is 42.3 Å². The molecule has 1 aromatic carbocycles. The van der Waals surface area contributed by atoms with Gasteiger partial charge in [0.2, 0.25) is 0 Å². The van der Waals surface area contributed by atoms with Gasteiger partial charge in [-0.05, 0) is 44.2 Å². The first-order valence-electron chi connectivity index (χ1n) is 5.97. The van der Waals surface area contributed by atoms with E-state index in [1.165, 1.54) is 29.0 Å². The van der Waals surface area contributed by atoms with E-state index < -0.39 is 0 Å². The summed E-state index contributed by atoms with van der Waals surface area (Å²) in [6.45, 7) is 4.14. The van der Waals surface area contributed by atoms with Gasteiger partial charge in [0, 0.05) is 0 Å². The molecule has 94 valence electrons. The molecule has 0 fully saturated rings. The van der Waals surface area contributed by atoms with Crippen LogP contribution in [0.4, 0.5) is 4.39 Å². The van der Waals surface area contributed by atoms with E-state index in [4.69, 9.17) is 0 Å². The van der Waals surface area contributed by atoms with Crippen molar-refractivity contribution in [3.63, 3.8) is 0 Å². The largest absolute Gasteiger partial charge is 0.308 e. The van der Waals surface area contributed by atoms with Crippen molar-refractivity contribution in [2.45, 2.75) is 19.9 Å². The first kappa shape index (κ1) is 12.7. The number of nitrogens with zero attached hydrogens (tertiary/aromatic N) is 1. The maximum Gasteiger partial charge on any atom is 0.141 e. The smallest absolute Gasteiger partial charge is 0.141 e. The summed E-state index contributed by atoms with van der Waals surface area (Å²) in [5.74, 6) is -0.311. The van der Waals surface area contributed by atoms with Crippen molar-refractivity contribution in [3.05, 3.63) is 64.7 Å². The van der Waals surface area contributed by atoms with E-state index in [0.29, 0.717) is 0 Å². The van der Waals surface area contributed by atoms with Gasteiger partial charge in [0.25, 0.3) is 0 Å². The van der Waals surface area contributed by atoms with Crippen LogP contribution in [-0.4, -0.2) is 12.0 Å². The lowest BCUT2D eigenvalue weighted by molar-refractivity contribution is 0.609. The minimum atomic E-state index is -0.311. The van der Waals surface area contributed by atoms with Crippen LogP contribution in [-0.2, 0) is 0 Å². The Morgan fingerprint density at radius 2 is 1.94 bits per heavy atom. The van der Waals surface area contributed by atoms with Gasteiger partial charge in [-0.15, -0.1) is 0 Å². The molecule has 0 aliphatic carbocycles. The summed E-state index contributed by atoms with van der Waals surface area (Å²) in [6, 6.07) is 9.48. The Labute approximate surface area is 107 Å². The van der Waals surface area contributed by atoms with Crippen LogP contribution in [0.3, 0.4) is 0 Å². The zero-order valence-corrected chi connectivity index (χ0v) is 10.9. The topological polar surface area (TPSA) is 24.9 Å². The van der Waals surface area contributed by atoms with Crippen LogP contribution in [0.15, 0.2) is 36.5 Å². The highest BCUT2D eigenvalue weighted by Crippen LogP contribution is 2.24. The fourth-order valence-electron chi connectivity index (χ4n) is 2.09. The predicted octanol–water partition coefficient (Wildman–Crippen LogP) is 3.15. The second-order valence-electron chi connectivity index (χ2n) is 4.48. The molecular formula is C15H17FN2. The van der Waals surface area contributed by atoms with Crippen molar-refractivity contribution in [2.75, 3.05) is 7.05 Å². The van der Waals surface area contributed by atoms with E-state index in [-0.39, 0.29) is 11.9 Å². The molecule has 0 spiro atoms. The minimum absolute atomic E-state index is 0.00880. The van der Waals surface area contributed by atoms with Crippen molar-refractivity contribution in [1.29, 1.82) is 0 Å². The predicted molar refractivity (Wildman–Crippen MR) is 71.0 cm³/mol. The number of hydrogen-bond donors (Lipinski definition) is 1. The van der Waals surface area contributed by atoms with Crippen LogP contribution >= 0.6 is 0 Å². The normalized spacial score (nSPS) is 12.4. The second-order valence-corrected chi connectivity index (χ2v) is 4.48. The average molecular weight is 244 g/mol. The van der Waals surface area contributed by atoms with Gasteiger partial charge in [-0.25, -0.2) is 4.39 Å². The van der Waals surface area contributed by atoms with Crippen molar-refractivity contribution in [2.24, 2.45) is 0 Å². The van der Waals surface area contributed by atoms with Crippen molar-refractivity contribution < 1.29 is 4.39 Å². The molecule has 0 bridgehead atoms. The highest BCUT2D eigenvalue weighted by molar-refractivity contribution is 5.37. The summed E-state index contributed by atoms with van der Waals surface area (Å²) in [5, 5.41) is 3.24. The maximum atomic E-state index is 12.9. The number of aromatic nitrogens is 1. The lowest BCUT2D eigenvalue weighted by atomic mass is 9.96. The molecule has 2 nitrogen and oxygen atoms in total. The second kappa shape index (κ2) is 5.27. The molecule has 18 heavy (non-hydrogen) atoms. The highest BCUT2D eigenvalue weighted by atomic mass is 19.1. The van der Waals surface area contributed by atoms with Crippen LogP contribution in [0.5, 0.6) is 0 Å². The minimum Gasteiger partial charge on any atom is -0.308 e. The zero-order valence-electron chi connectivity index (χ0n) is 10.9. The molecule has 0 aliphatic rings. The van der Waals surface area contributed by atoms with Crippen LogP contribution in [0, 0.1) is 19.7 Å². The number of halogens is 1. The SMILES string of the molecule is CNC(c1ccc(F)cn1)c1cc(C)ccc1C. The van der Waals surface area contributed by atoms with E-state index in [1.54, 1.807) is 6.07 Å². The van der Waals surface area contributed by atoms with E-state index in [9.17, 15) is 4.39 Å². The molecule has 1 aromatic heterocycles. The molecule has 2 aromatic rings. The molecule has 0 saturated heterocycles. The Morgan fingerprint density at radius 3 is 2.56 bits per heavy atom. The number of aryl methyl sites for hydroxylation is 2. The van der Waals surface area contributed by atoms with Crippen molar-refractivity contribution in [1.82, 2.24) is 10.3 Å². The lowest BCUT2D eigenvalue weighted by Crippen LogP contribution is -2.20. The summed E-state index contributed by atoms with van der Waals surface area (Å²) >= 11 is 0. The van der Waals surface area contributed by atoms with Crippen LogP contribution in [0.1, 0.15) is 28.4 Å². The van der Waals surface area contributed by atoms with Gasteiger partial charge >= 0.3 is 0 Å². The summed E-state index contributed by atoms with van der Waals surface area (Å²) in [5.41, 5.74) is 4.41. The van der Waals surface area contributed by atoms with Gasteiger partial charge in [0.05, 0.1) is 17.9 Å². The number of pyridine rings is 1. The fraction of sp³-hybridized carbons (Fsp3) is 0.267. The van der Waals surface area contributed by atoms with Gasteiger partial charge in [-0.3, -0.25) is 4.98 Å². The first-order chi connectivity index (χ1) is 8.61.